The maximum absolute atomic E-state index is 5.35. The summed E-state index contributed by atoms with van der Waals surface area (Å²) in [5.74, 6) is 0. The van der Waals surface area contributed by atoms with Gasteiger partial charge in [-0.05, 0) is 66.1 Å². The van der Waals surface area contributed by atoms with Crippen LogP contribution in [0, 0.1) is 0 Å². The Labute approximate surface area is 107 Å². The first-order valence-electron chi connectivity index (χ1n) is 7.29. The van der Waals surface area contributed by atoms with Gasteiger partial charge in [0.1, 0.15) is 0 Å². The summed E-state index contributed by atoms with van der Waals surface area (Å²) in [5, 5.41) is 3.67. The van der Waals surface area contributed by atoms with Gasteiger partial charge >= 0.3 is 0 Å². The molecule has 1 heterocycles. The van der Waals surface area contributed by atoms with Gasteiger partial charge in [-0.2, -0.15) is 0 Å². The molecule has 1 N–H and O–H groups in total. The summed E-state index contributed by atoms with van der Waals surface area (Å²) in [6.07, 6.45) is 5.10. The van der Waals surface area contributed by atoms with Gasteiger partial charge < -0.3 is 15.0 Å². The maximum atomic E-state index is 5.35. The fourth-order valence-corrected chi connectivity index (χ4v) is 2.46. The van der Waals surface area contributed by atoms with E-state index in [-0.39, 0.29) is 0 Å². The van der Waals surface area contributed by atoms with Gasteiger partial charge in [0.2, 0.25) is 0 Å². The van der Waals surface area contributed by atoms with Crippen molar-refractivity contribution >= 4 is 0 Å². The quantitative estimate of drug-likeness (QED) is 0.693. The summed E-state index contributed by atoms with van der Waals surface area (Å²) in [6.45, 7) is 12.0. The fourth-order valence-electron chi connectivity index (χ4n) is 2.46. The topological polar surface area (TPSA) is 24.5 Å². The van der Waals surface area contributed by atoms with Gasteiger partial charge in [0.05, 0.1) is 0 Å². The van der Waals surface area contributed by atoms with Crippen LogP contribution in [-0.2, 0) is 4.74 Å². The van der Waals surface area contributed by atoms with Crippen molar-refractivity contribution in [3.05, 3.63) is 0 Å². The van der Waals surface area contributed by atoms with E-state index in [2.05, 4.69) is 31.0 Å². The first-order valence-corrected chi connectivity index (χ1v) is 7.29. The van der Waals surface area contributed by atoms with E-state index < -0.39 is 0 Å². The van der Waals surface area contributed by atoms with Gasteiger partial charge in [0.25, 0.3) is 0 Å². The highest BCUT2D eigenvalue weighted by Crippen LogP contribution is 2.13. The first kappa shape index (κ1) is 14.9. The molecule has 1 aliphatic rings. The van der Waals surface area contributed by atoms with E-state index in [9.17, 15) is 0 Å². The van der Waals surface area contributed by atoms with Gasteiger partial charge in [-0.15, -0.1) is 0 Å². The van der Waals surface area contributed by atoms with Crippen molar-refractivity contribution in [3.63, 3.8) is 0 Å². The summed E-state index contributed by atoms with van der Waals surface area (Å²) >= 11 is 0. The predicted octanol–water partition coefficient (Wildman–Crippen LogP) is 2.27. The minimum atomic E-state index is 0.701. The molecule has 0 bridgehead atoms. The molecule has 1 fully saturated rings. The SMILES string of the molecule is CCOCCCNC1CCCN(C(C)C)CC1. The van der Waals surface area contributed by atoms with Gasteiger partial charge in [-0.1, -0.05) is 0 Å². The Morgan fingerprint density at radius 3 is 2.82 bits per heavy atom. The second-order valence-corrected chi connectivity index (χ2v) is 5.26. The predicted molar refractivity (Wildman–Crippen MR) is 73.5 cm³/mol. The van der Waals surface area contributed by atoms with E-state index >= 15 is 0 Å². The zero-order chi connectivity index (χ0) is 12.5. The Hall–Kier alpha value is -0.120. The molecule has 1 atom stereocenters. The Kier molecular flexibility index (Phi) is 7.82. The lowest BCUT2D eigenvalue weighted by Crippen LogP contribution is -2.34. The largest absolute Gasteiger partial charge is 0.382 e. The van der Waals surface area contributed by atoms with Crippen molar-refractivity contribution in [1.82, 2.24) is 10.2 Å². The maximum Gasteiger partial charge on any atom is 0.0477 e. The van der Waals surface area contributed by atoms with Gasteiger partial charge in [-0.25, -0.2) is 0 Å². The van der Waals surface area contributed by atoms with Gasteiger partial charge in [0, 0.05) is 25.3 Å². The molecule has 1 unspecified atom stereocenters. The number of ether oxygens (including phenoxy) is 1. The van der Waals surface area contributed by atoms with E-state index in [4.69, 9.17) is 4.74 Å². The number of rotatable bonds is 7. The summed E-state index contributed by atoms with van der Waals surface area (Å²) in [7, 11) is 0. The van der Waals surface area contributed by atoms with Crippen LogP contribution in [-0.4, -0.2) is 49.8 Å². The molecule has 0 saturated carbocycles. The monoisotopic (exact) mass is 242 g/mol. The molecular formula is C14H30N2O. The van der Waals surface area contributed by atoms with Crippen molar-refractivity contribution in [2.75, 3.05) is 32.8 Å². The number of likely N-dealkylation sites (tertiary alicyclic amines) is 1. The Morgan fingerprint density at radius 2 is 2.12 bits per heavy atom. The van der Waals surface area contributed by atoms with Crippen LogP contribution in [0.3, 0.4) is 0 Å². The number of hydrogen-bond acceptors (Lipinski definition) is 3. The molecule has 17 heavy (non-hydrogen) atoms. The highest BCUT2D eigenvalue weighted by atomic mass is 16.5. The summed E-state index contributed by atoms with van der Waals surface area (Å²) in [6, 6.07) is 1.42. The van der Waals surface area contributed by atoms with Crippen LogP contribution >= 0.6 is 0 Å². The third-order valence-corrected chi connectivity index (χ3v) is 3.60. The zero-order valence-electron chi connectivity index (χ0n) is 11.9. The summed E-state index contributed by atoms with van der Waals surface area (Å²) in [4.78, 5) is 2.60. The summed E-state index contributed by atoms with van der Waals surface area (Å²) < 4.78 is 5.35. The van der Waals surface area contributed by atoms with Crippen LogP contribution in [0.4, 0.5) is 0 Å². The molecule has 1 rings (SSSR count). The average Bonchev–Trinajstić information content (AvgIpc) is 2.54. The molecule has 0 aromatic carbocycles. The highest BCUT2D eigenvalue weighted by Gasteiger charge is 2.17. The lowest BCUT2D eigenvalue weighted by molar-refractivity contribution is 0.144. The molecule has 3 nitrogen and oxygen atoms in total. The molecule has 3 heteroatoms. The van der Waals surface area contributed by atoms with Crippen LogP contribution in [0.1, 0.15) is 46.5 Å². The number of nitrogens with one attached hydrogen (secondary N) is 1. The Morgan fingerprint density at radius 1 is 1.29 bits per heavy atom. The van der Waals surface area contributed by atoms with E-state index in [0.29, 0.717) is 6.04 Å². The van der Waals surface area contributed by atoms with Crippen molar-refractivity contribution in [2.45, 2.75) is 58.5 Å². The normalized spacial score (nSPS) is 22.9. The molecule has 0 amide bonds. The van der Waals surface area contributed by atoms with E-state index in [1.165, 1.54) is 32.4 Å². The molecule has 0 radical (unpaired) electrons. The van der Waals surface area contributed by atoms with E-state index in [0.717, 1.165) is 32.2 Å². The van der Waals surface area contributed by atoms with E-state index in [1.54, 1.807) is 0 Å². The van der Waals surface area contributed by atoms with Crippen LogP contribution < -0.4 is 5.32 Å². The van der Waals surface area contributed by atoms with Crippen LogP contribution in [0.2, 0.25) is 0 Å². The van der Waals surface area contributed by atoms with Crippen molar-refractivity contribution in [2.24, 2.45) is 0 Å². The molecule has 0 aliphatic carbocycles. The molecular weight excluding hydrogens is 212 g/mol. The molecule has 1 saturated heterocycles. The smallest absolute Gasteiger partial charge is 0.0477 e. The first-order chi connectivity index (χ1) is 8.24. The lowest BCUT2D eigenvalue weighted by Gasteiger charge is -2.24. The molecule has 0 spiro atoms. The second kappa shape index (κ2) is 8.90. The standard InChI is InChI=1S/C14H30N2O/c1-4-17-12-6-9-15-14-7-5-10-16(11-8-14)13(2)3/h13-15H,4-12H2,1-3H3. The molecule has 0 aromatic heterocycles. The average molecular weight is 242 g/mol. The highest BCUT2D eigenvalue weighted by molar-refractivity contribution is 4.76. The van der Waals surface area contributed by atoms with Crippen LogP contribution in [0.15, 0.2) is 0 Å². The fraction of sp³-hybridized carbons (Fsp3) is 1.00. The van der Waals surface area contributed by atoms with Gasteiger partial charge in [-0.3, -0.25) is 0 Å². The minimum absolute atomic E-state index is 0.701. The third-order valence-electron chi connectivity index (χ3n) is 3.60. The third kappa shape index (κ3) is 6.39. The van der Waals surface area contributed by atoms with Gasteiger partial charge in [0.15, 0.2) is 0 Å². The molecule has 0 aromatic rings. The number of hydrogen-bond donors (Lipinski definition) is 1. The van der Waals surface area contributed by atoms with E-state index in [1.807, 2.05) is 0 Å². The Bertz CT molecular complexity index is 185. The van der Waals surface area contributed by atoms with Crippen molar-refractivity contribution in [1.29, 1.82) is 0 Å². The Balaban J connectivity index is 2.09. The molecule has 102 valence electrons. The van der Waals surface area contributed by atoms with Crippen LogP contribution in [0.5, 0.6) is 0 Å². The summed E-state index contributed by atoms with van der Waals surface area (Å²) in [5.41, 5.74) is 0. The minimum Gasteiger partial charge on any atom is -0.382 e. The molecule has 1 aliphatic heterocycles. The van der Waals surface area contributed by atoms with Crippen molar-refractivity contribution in [3.8, 4) is 0 Å². The second-order valence-electron chi connectivity index (χ2n) is 5.26. The zero-order valence-corrected chi connectivity index (χ0v) is 11.9. The number of nitrogens with zero attached hydrogens (tertiary/aromatic N) is 1. The lowest BCUT2D eigenvalue weighted by atomic mass is 10.1. The van der Waals surface area contributed by atoms with Crippen molar-refractivity contribution < 1.29 is 4.74 Å². The van der Waals surface area contributed by atoms with Crippen LogP contribution in [0.25, 0.3) is 0 Å².